The lowest BCUT2D eigenvalue weighted by atomic mass is 9.93. The highest BCUT2D eigenvalue weighted by atomic mass is 28.4. The Balaban J connectivity index is 3.86. The third-order valence-corrected chi connectivity index (χ3v) is 11.9. The average Bonchev–Trinajstić information content (AvgIpc) is 2.77. The molecule has 0 aliphatic carbocycles. The van der Waals surface area contributed by atoms with Gasteiger partial charge < -0.3 is 28.1 Å². The molecule has 1 rings (SSSR count). The van der Waals surface area contributed by atoms with Crippen LogP contribution in [0.2, 0.25) is 18.1 Å². The predicted molar refractivity (Wildman–Crippen MR) is 165 cm³/mol. The molecule has 0 aromatic rings. The lowest BCUT2D eigenvalue weighted by Crippen LogP contribution is -2.65. The highest BCUT2D eigenvalue weighted by molar-refractivity contribution is 6.74. The van der Waals surface area contributed by atoms with Crippen LogP contribution in [0.4, 0.5) is 0 Å². The van der Waals surface area contributed by atoms with E-state index in [1.807, 2.05) is 0 Å². The highest BCUT2D eigenvalue weighted by Gasteiger charge is 2.56. The second-order valence-corrected chi connectivity index (χ2v) is 21.9. The lowest BCUT2D eigenvalue weighted by molar-refractivity contribution is -0.305. The molecule has 0 aromatic heterocycles. The van der Waals surface area contributed by atoms with Crippen LogP contribution in [0, 0.1) is 21.7 Å². The number of hydrogen-bond donors (Lipinski definition) is 0. The van der Waals surface area contributed by atoms with Crippen molar-refractivity contribution in [2.45, 2.75) is 153 Å². The monoisotopic (exact) mass is 630 g/mol. The van der Waals surface area contributed by atoms with Crippen molar-refractivity contribution >= 4 is 32.2 Å². The van der Waals surface area contributed by atoms with E-state index in [1.54, 1.807) is 83.1 Å². The molecule has 0 bridgehead atoms. The summed E-state index contributed by atoms with van der Waals surface area (Å²) in [6.07, 6.45) is -6.56. The molecule has 1 fully saturated rings. The van der Waals surface area contributed by atoms with E-state index in [4.69, 9.17) is 28.1 Å². The maximum atomic E-state index is 13.4. The van der Waals surface area contributed by atoms with Crippen LogP contribution < -0.4 is 0 Å². The first-order valence-corrected chi connectivity index (χ1v) is 17.9. The summed E-state index contributed by atoms with van der Waals surface area (Å²) in [6.45, 7) is 30.5. The van der Waals surface area contributed by atoms with Crippen molar-refractivity contribution < 1.29 is 47.3 Å². The molecular formula is C32H58O10Si. The molecule has 10 nitrogen and oxygen atoms in total. The van der Waals surface area contributed by atoms with Crippen LogP contribution in [-0.4, -0.2) is 69.5 Å². The molecule has 11 heteroatoms. The fourth-order valence-corrected chi connectivity index (χ4v) is 4.21. The molecule has 1 aliphatic heterocycles. The Morgan fingerprint density at radius 2 is 0.860 bits per heavy atom. The quantitative estimate of drug-likeness (QED) is 0.183. The van der Waals surface area contributed by atoms with Crippen molar-refractivity contribution in [3.63, 3.8) is 0 Å². The minimum Gasteiger partial charge on any atom is -0.455 e. The fourth-order valence-electron chi connectivity index (χ4n) is 3.20. The number of hydrogen-bond acceptors (Lipinski definition) is 10. The summed E-state index contributed by atoms with van der Waals surface area (Å²) >= 11 is 0. The number of esters is 4. The molecule has 1 aliphatic rings. The van der Waals surface area contributed by atoms with Gasteiger partial charge in [0.25, 0.3) is 0 Å². The molecule has 0 aromatic carbocycles. The van der Waals surface area contributed by atoms with Crippen LogP contribution in [0.15, 0.2) is 0 Å². The van der Waals surface area contributed by atoms with Crippen LogP contribution in [0.5, 0.6) is 0 Å². The van der Waals surface area contributed by atoms with E-state index < -0.39 is 84.6 Å². The van der Waals surface area contributed by atoms with Crippen molar-refractivity contribution in [2.75, 3.05) is 6.61 Å². The molecular weight excluding hydrogens is 572 g/mol. The fraction of sp³-hybridized carbons (Fsp3) is 0.875. The topological polar surface area (TPSA) is 124 Å². The summed E-state index contributed by atoms with van der Waals surface area (Å²) in [5.41, 5.74) is -3.77. The third kappa shape index (κ3) is 10.8. The summed E-state index contributed by atoms with van der Waals surface area (Å²) in [5, 5.41) is -0.153. The van der Waals surface area contributed by atoms with Gasteiger partial charge in [-0.05, 0) is 101 Å². The van der Waals surface area contributed by atoms with Gasteiger partial charge in [0.1, 0.15) is 6.10 Å². The van der Waals surface area contributed by atoms with Crippen molar-refractivity contribution in [3.8, 4) is 0 Å². The van der Waals surface area contributed by atoms with Crippen LogP contribution >= 0.6 is 0 Å². The first kappa shape index (κ1) is 39.0. The summed E-state index contributed by atoms with van der Waals surface area (Å²) in [4.78, 5) is 53.0. The molecule has 43 heavy (non-hydrogen) atoms. The highest BCUT2D eigenvalue weighted by Crippen LogP contribution is 2.39. The normalized spacial score (nSPS) is 24.2. The van der Waals surface area contributed by atoms with Gasteiger partial charge in [0.15, 0.2) is 20.5 Å². The molecule has 0 spiro atoms. The smallest absolute Gasteiger partial charge is 0.313 e. The largest absolute Gasteiger partial charge is 0.455 e. The van der Waals surface area contributed by atoms with Gasteiger partial charge in [-0.15, -0.1) is 0 Å². The average molecular weight is 631 g/mol. The van der Waals surface area contributed by atoms with Crippen LogP contribution in [0.3, 0.4) is 0 Å². The zero-order valence-electron chi connectivity index (χ0n) is 29.7. The first-order valence-electron chi connectivity index (χ1n) is 15.0. The van der Waals surface area contributed by atoms with E-state index >= 15 is 0 Å². The first-order chi connectivity index (χ1) is 18.9. The van der Waals surface area contributed by atoms with Gasteiger partial charge in [0.05, 0.1) is 28.3 Å². The Labute approximate surface area is 260 Å². The zero-order chi connectivity index (χ0) is 34.1. The third-order valence-electron chi connectivity index (χ3n) is 7.41. The molecule has 1 heterocycles. The number of rotatable bonds is 7. The van der Waals surface area contributed by atoms with E-state index in [2.05, 4.69) is 33.9 Å². The van der Waals surface area contributed by atoms with Gasteiger partial charge in [-0.2, -0.15) is 0 Å². The van der Waals surface area contributed by atoms with Crippen molar-refractivity contribution in [2.24, 2.45) is 21.7 Å². The second kappa shape index (κ2) is 13.2. The number of ether oxygens (including phenoxy) is 5. The molecule has 2 unspecified atom stereocenters. The Hall–Kier alpha value is -1.98. The summed E-state index contributed by atoms with van der Waals surface area (Å²) in [7, 11) is -2.35. The molecule has 0 amide bonds. The Bertz CT molecular complexity index is 1020. The number of carbonyl (C=O) groups is 4. The van der Waals surface area contributed by atoms with E-state index in [-0.39, 0.29) is 11.6 Å². The van der Waals surface area contributed by atoms with Gasteiger partial charge in [-0.25, -0.2) is 0 Å². The maximum absolute atomic E-state index is 13.4. The van der Waals surface area contributed by atoms with Crippen LogP contribution in [-0.2, 0) is 47.3 Å². The summed E-state index contributed by atoms with van der Waals surface area (Å²) < 4.78 is 36.6. The van der Waals surface area contributed by atoms with Crippen molar-refractivity contribution in [1.82, 2.24) is 0 Å². The molecule has 0 radical (unpaired) electrons. The molecule has 1 saturated heterocycles. The van der Waals surface area contributed by atoms with Crippen LogP contribution in [0.25, 0.3) is 0 Å². The predicted octanol–water partition coefficient (Wildman–Crippen LogP) is 6.20. The molecule has 5 atom stereocenters. The van der Waals surface area contributed by atoms with E-state index in [1.165, 1.54) is 0 Å². The van der Waals surface area contributed by atoms with Crippen molar-refractivity contribution in [3.05, 3.63) is 0 Å². The van der Waals surface area contributed by atoms with Crippen molar-refractivity contribution in [1.29, 1.82) is 0 Å². The maximum Gasteiger partial charge on any atom is 0.313 e. The lowest BCUT2D eigenvalue weighted by Gasteiger charge is -2.47. The zero-order valence-corrected chi connectivity index (χ0v) is 30.7. The molecule has 0 N–H and O–H groups in total. The number of carbonyl (C=O) groups excluding carboxylic acids is 4. The van der Waals surface area contributed by atoms with Gasteiger partial charge in [-0.3, -0.25) is 19.2 Å². The Morgan fingerprint density at radius 1 is 0.535 bits per heavy atom. The van der Waals surface area contributed by atoms with Gasteiger partial charge in [0, 0.05) is 0 Å². The van der Waals surface area contributed by atoms with E-state index in [0.717, 1.165) is 0 Å². The minimum absolute atomic E-state index is 0.0499. The van der Waals surface area contributed by atoms with Gasteiger partial charge >= 0.3 is 23.9 Å². The van der Waals surface area contributed by atoms with E-state index in [9.17, 15) is 19.2 Å². The van der Waals surface area contributed by atoms with Gasteiger partial charge in [-0.1, -0.05) is 20.8 Å². The summed E-state index contributed by atoms with van der Waals surface area (Å²) in [6, 6.07) is 0. The van der Waals surface area contributed by atoms with E-state index in [0.29, 0.717) is 0 Å². The Kier molecular flexibility index (Phi) is 12.0. The SMILES string of the molecule is CC(C)(C)C(=O)OC1[C@@H](OC(=O)C(C)(C)C)OC(CO[Si](C)(C)C(C)(C)C)[C@@H](OC(=O)C(C)(C)C)[C@H]1OC(=O)C(C)(C)C. The summed E-state index contributed by atoms with van der Waals surface area (Å²) in [5.74, 6) is -2.48. The molecule has 250 valence electrons. The molecule has 0 saturated carbocycles. The van der Waals surface area contributed by atoms with Crippen LogP contribution in [0.1, 0.15) is 104 Å². The standard InChI is InChI=1S/C32H58O10Si/c1-28(2,3)24(33)39-20-19(18-37-43(16,17)32(13,14)15)38-23(42-27(36)31(10,11)12)22(41-26(35)30(7,8)9)21(20)40-25(34)29(4,5)6/h19-23H,18H2,1-17H3/t19?,20-,21-,22?,23-/m1/s1. The Morgan fingerprint density at radius 3 is 1.21 bits per heavy atom. The van der Waals surface area contributed by atoms with Gasteiger partial charge in [0.2, 0.25) is 12.4 Å². The minimum atomic E-state index is -2.35. The second-order valence-electron chi connectivity index (χ2n) is 17.1.